The van der Waals surface area contributed by atoms with E-state index in [9.17, 15) is 4.79 Å². The van der Waals surface area contributed by atoms with Gasteiger partial charge >= 0.3 is 0 Å². The number of hydrogen-bond acceptors (Lipinski definition) is 4. The molecule has 2 heterocycles. The second kappa shape index (κ2) is 10.5. The fraction of sp³-hybridized carbons (Fsp3) is 0.579. The summed E-state index contributed by atoms with van der Waals surface area (Å²) >= 11 is 0. The molecule has 0 aliphatic rings. The topological polar surface area (TPSA) is 78.1 Å². The summed E-state index contributed by atoms with van der Waals surface area (Å²) in [4.78, 5) is 20.7. The van der Waals surface area contributed by atoms with Gasteiger partial charge < -0.3 is 15.1 Å². The number of carbonyl (C=O) groups is 1. The maximum atomic E-state index is 12.3. The van der Waals surface area contributed by atoms with Crippen molar-refractivity contribution in [2.75, 3.05) is 39.8 Å². The summed E-state index contributed by atoms with van der Waals surface area (Å²) in [5.74, 6) is 1.81. The molecule has 0 aliphatic heterocycles. The largest absolute Gasteiger partial charge is 0.357 e. The molecule has 2 aromatic heterocycles. The summed E-state index contributed by atoms with van der Waals surface area (Å²) in [5.41, 5.74) is 0.860. The molecule has 1 amide bonds. The molecule has 0 saturated carbocycles. The van der Waals surface area contributed by atoms with Crippen molar-refractivity contribution in [2.24, 2.45) is 4.99 Å². The van der Waals surface area contributed by atoms with Gasteiger partial charge in [0.1, 0.15) is 5.82 Å². The van der Waals surface area contributed by atoms with Gasteiger partial charge in [0.15, 0.2) is 11.6 Å². The van der Waals surface area contributed by atoms with E-state index in [1.165, 1.54) is 0 Å². The average molecular weight is 374 g/mol. The Balaban J connectivity index is 1.91. The maximum Gasteiger partial charge on any atom is 0.242 e. The van der Waals surface area contributed by atoms with E-state index in [2.05, 4.69) is 20.5 Å². The van der Waals surface area contributed by atoms with E-state index in [1.54, 1.807) is 0 Å². The monoisotopic (exact) mass is 373 g/mol. The van der Waals surface area contributed by atoms with Crippen molar-refractivity contribution < 1.29 is 4.79 Å². The molecule has 0 unspecified atom stereocenters. The minimum absolute atomic E-state index is 0.114. The number of aryl methyl sites for hydroxylation is 1. The highest BCUT2D eigenvalue weighted by Crippen LogP contribution is 2.05. The van der Waals surface area contributed by atoms with E-state index in [1.807, 2.05) is 66.4 Å². The average Bonchev–Trinajstić information content (AvgIpc) is 3.08. The predicted molar refractivity (Wildman–Crippen MR) is 108 cm³/mol. The smallest absolute Gasteiger partial charge is 0.242 e. The van der Waals surface area contributed by atoms with Crippen LogP contribution in [0.1, 0.15) is 33.0 Å². The Morgan fingerprint density at radius 2 is 2.00 bits per heavy atom. The molecule has 2 aromatic rings. The van der Waals surface area contributed by atoms with Crippen LogP contribution in [0.3, 0.4) is 0 Å². The quantitative estimate of drug-likeness (QED) is 0.409. The Morgan fingerprint density at radius 3 is 2.70 bits per heavy atom. The Labute approximate surface area is 161 Å². The first kappa shape index (κ1) is 20.7. The molecule has 148 valence electrons. The fourth-order valence-electron chi connectivity index (χ4n) is 2.91. The van der Waals surface area contributed by atoms with E-state index in [0.717, 1.165) is 49.9 Å². The molecule has 0 fully saturated rings. The summed E-state index contributed by atoms with van der Waals surface area (Å²) < 4.78 is 2.00. The number of likely N-dealkylation sites (N-methyl/N-ethyl adjacent to an activating group) is 2. The number of pyridine rings is 1. The second-order valence-corrected chi connectivity index (χ2v) is 6.31. The van der Waals surface area contributed by atoms with Crippen LogP contribution in [-0.4, -0.2) is 76.0 Å². The molecule has 0 aliphatic carbocycles. The predicted octanol–water partition coefficient (Wildman–Crippen LogP) is 1.43. The number of nitrogens with one attached hydrogen (secondary N) is 1. The highest BCUT2D eigenvalue weighted by molar-refractivity contribution is 5.86. The van der Waals surface area contributed by atoms with Crippen LogP contribution in [0.2, 0.25) is 0 Å². The lowest BCUT2D eigenvalue weighted by molar-refractivity contribution is -0.131. The third kappa shape index (κ3) is 5.67. The third-order valence-corrected chi connectivity index (χ3v) is 4.39. The van der Waals surface area contributed by atoms with Crippen LogP contribution in [0, 0.1) is 0 Å². The van der Waals surface area contributed by atoms with E-state index >= 15 is 0 Å². The van der Waals surface area contributed by atoms with Gasteiger partial charge in [-0.1, -0.05) is 6.07 Å². The number of fused-ring (bicyclic) bond motifs is 1. The van der Waals surface area contributed by atoms with E-state index in [0.29, 0.717) is 13.1 Å². The molecular weight excluding hydrogens is 342 g/mol. The molecular formula is C19H31N7O. The number of rotatable bonds is 9. The van der Waals surface area contributed by atoms with Gasteiger partial charge in [-0.25, -0.2) is 0 Å². The van der Waals surface area contributed by atoms with Gasteiger partial charge in [-0.05, 0) is 39.3 Å². The second-order valence-electron chi connectivity index (χ2n) is 6.31. The Kier molecular flexibility index (Phi) is 8.03. The van der Waals surface area contributed by atoms with Crippen molar-refractivity contribution in [1.29, 1.82) is 0 Å². The van der Waals surface area contributed by atoms with Crippen LogP contribution in [0.4, 0.5) is 0 Å². The number of aromatic nitrogens is 3. The van der Waals surface area contributed by atoms with Crippen LogP contribution >= 0.6 is 0 Å². The van der Waals surface area contributed by atoms with Gasteiger partial charge in [0.2, 0.25) is 5.91 Å². The molecule has 0 bridgehead atoms. The van der Waals surface area contributed by atoms with Crippen LogP contribution in [0.25, 0.3) is 5.65 Å². The Morgan fingerprint density at radius 1 is 1.22 bits per heavy atom. The van der Waals surface area contributed by atoms with Crippen molar-refractivity contribution in [3.05, 3.63) is 30.2 Å². The standard InChI is InChI=1S/C19H31N7O/c1-5-20-19(24(4)15-18(27)25(6-2)7-3)21-13-10-12-17-23-22-16-11-8-9-14-26(16)17/h8-9,11,14H,5-7,10,12-13,15H2,1-4H3,(H,20,21). The highest BCUT2D eigenvalue weighted by Gasteiger charge is 2.15. The minimum Gasteiger partial charge on any atom is -0.357 e. The number of aliphatic imine (C=N–C) groups is 1. The Hall–Kier alpha value is -2.64. The number of guanidine groups is 1. The molecule has 2 rings (SSSR count). The molecule has 8 heteroatoms. The third-order valence-electron chi connectivity index (χ3n) is 4.39. The first-order valence-electron chi connectivity index (χ1n) is 9.66. The van der Waals surface area contributed by atoms with Gasteiger partial charge in [-0.2, -0.15) is 0 Å². The number of nitrogens with zero attached hydrogens (tertiary/aromatic N) is 6. The molecule has 8 nitrogen and oxygen atoms in total. The van der Waals surface area contributed by atoms with Crippen molar-refractivity contribution >= 4 is 17.5 Å². The zero-order valence-electron chi connectivity index (χ0n) is 16.9. The highest BCUT2D eigenvalue weighted by atomic mass is 16.2. The molecule has 27 heavy (non-hydrogen) atoms. The summed E-state index contributed by atoms with van der Waals surface area (Å²) in [6.07, 6.45) is 3.64. The molecule has 1 N–H and O–H groups in total. The molecule has 0 saturated heterocycles. The van der Waals surface area contributed by atoms with Crippen LogP contribution < -0.4 is 5.32 Å². The fourth-order valence-corrected chi connectivity index (χ4v) is 2.91. The molecule has 0 aromatic carbocycles. The van der Waals surface area contributed by atoms with Crippen LogP contribution in [0.15, 0.2) is 29.4 Å². The zero-order valence-corrected chi connectivity index (χ0v) is 16.9. The van der Waals surface area contributed by atoms with Gasteiger partial charge in [0.05, 0.1) is 6.54 Å². The first-order valence-corrected chi connectivity index (χ1v) is 9.66. The summed E-state index contributed by atoms with van der Waals surface area (Å²) in [5, 5.41) is 11.7. The lowest BCUT2D eigenvalue weighted by atomic mass is 10.3. The van der Waals surface area contributed by atoms with E-state index in [-0.39, 0.29) is 5.91 Å². The maximum absolute atomic E-state index is 12.3. The van der Waals surface area contributed by atoms with E-state index in [4.69, 9.17) is 0 Å². The SMILES string of the molecule is CCNC(=NCCCc1nnc2ccccn12)N(C)CC(=O)N(CC)CC. The van der Waals surface area contributed by atoms with Crippen LogP contribution in [-0.2, 0) is 11.2 Å². The van der Waals surface area contributed by atoms with Crippen LogP contribution in [0.5, 0.6) is 0 Å². The van der Waals surface area contributed by atoms with Gasteiger partial charge in [-0.15, -0.1) is 10.2 Å². The number of amides is 1. The lowest BCUT2D eigenvalue weighted by Gasteiger charge is -2.25. The first-order chi connectivity index (χ1) is 13.1. The molecule has 0 spiro atoms. The summed E-state index contributed by atoms with van der Waals surface area (Å²) in [6.45, 7) is 9.21. The normalized spacial score (nSPS) is 11.6. The van der Waals surface area contributed by atoms with Crippen molar-refractivity contribution in [2.45, 2.75) is 33.6 Å². The summed E-state index contributed by atoms with van der Waals surface area (Å²) in [7, 11) is 1.90. The van der Waals surface area contributed by atoms with Crippen molar-refractivity contribution in [3.8, 4) is 0 Å². The zero-order chi connectivity index (χ0) is 19.6. The Bertz CT molecular complexity index is 751. The van der Waals surface area contributed by atoms with Crippen molar-refractivity contribution in [3.63, 3.8) is 0 Å². The number of carbonyl (C=O) groups excluding carboxylic acids is 1. The molecule has 0 radical (unpaired) electrons. The van der Waals surface area contributed by atoms with E-state index < -0.39 is 0 Å². The molecule has 0 atom stereocenters. The van der Waals surface area contributed by atoms with Gasteiger partial charge in [-0.3, -0.25) is 14.2 Å². The van der Waals surface area contributed by atoms with Gasteiger partial charge in [0, 0.05) is 45.8 Å². The van der Waals surface area contributed by atoms with Crippen molar-refractivity contribution in [1.82, 2.24) is 29.7 Å². The number of hydrogen-bond donors (Lipinski definition) is 1. The lowest BCUT2D eigenvalue weighted by Crippen LogP contribution is -2.45. The summed E-state index contributed by atoms with van der Waals surface area (Å²) in [6, 6.07) is 5.87. The van der Waals surface area contributed by atoms with Gasteiger partial charge in [0.25, 0.3) is 0 Å². The minimum atomic E-state index is 0.114.